The number of pyridine rings is 1. The van der Waals surface area contributed by atoms with Crippen LogP contribution in [-0.2, 0) is 6.54 Å². The molecule has 17 heavy (non-hydrogen) atoms. The molecule has 88 valence electrons. The van der Waals surface area contributed by atoms with E-state index in [1.54, 1.807) is 12.3 Å². The minimum atomic E-state index is -0.261. The van der Waals surface area contributed by atoms with Crippen LogP contribution in [0.4, 0.5) is 5.82 Å². The average molecular weight is 230 g/mol. The molecule has 0 unspecified atom stereocenters. The first-order chi connectivity index (χ1) is 8.29. The zero-order valence-electron chi connectivity index (χ0n) is 9.63. The molecule has 2 aromatic heterocycles. The van der Waals surface area contributed by atoms with E-state index < -0.39 is 0 Å². The van der Waals surface area contributed by atoms with Gasteiger partial charge in [0.2, 0.25) is 0 Å². The van der Waals surface area contributed by atoms with Crippen molar-refractivity contribution in [2.75, 3.05) is 11.9 Å². The monoisotopic (exact) mass is 230 g/mol. The lowest BCUT2D eigenvalue weighted by molar-refractivity contribution is 0.711. The molecular formula is C12H14N4O. The molecule has 0 amide bonds. The Morgan fingerprint density at radius 1 is 1.35 bits per heavy atom. The summed E-state index contributed by atoms with van der Waals surface area (Å²) in [5, 5.41) is 3.13. The summed E-state index contributed by atoms with van der Waals surface area (Å²) in [6.07, 6.45) is 3.19. The number of anilines is 1. The van der Waals surface area contributed by atoms with E-state index in [9.17, 15) is 4.79 Å². The lowest BCUT2D eigenvalue weighted by Gasteiger charge is -2.06. The van der Waals surface area contributed by atoms with Gasteiger partial charge in [-0.3, -0.25) is 4.57 Å². The summed E-state index contributed by atoms with van der Waals surface area (Å²) in [4.78, 5) is 19.5. The van der Waals surface area contributed by atoms with Crippen molar-refractivity contribution >= 4 is 5.82 Å². The van der Waals surface area contributed by atoms with Crippen LogP contribution in [0.5, 0.6) is 0 Å². The molecule has 0 saturated heterocycles. The molecule has 5 heteroatoms. The van der Waals surface area contributed by atoms with E-state index in [0.29, 0.717) is 6.54 Å². The zero-order chi connectivity index (χ0) is 12.1. The fourth-order valence-corrected chi connectivity index (χ4v) is 1.53. The van der Waals surface area contributed by atoms with Crippen LogP contribution in [-0.4, -0.2) is 21.1 Å². The molecule has 0 aliphatic heterocycles. The number of nitrogens with zero attached hydrogens (tertiary/aromatic N) is 3. The molecular weight excluding hydrogens is 216 g/mol. The Morgan fingerprint density at radius 3 is 3.00 bits per heavy atom. The van der Waals surface area contributed by atoms with Crippen LogP contribution in [0.3, 0.4) is 0 Å². The van der Waals surface area contributed by atoms with Crippen LogP contribution >= 0.6 is 0 Å². The third kappa shape index (κ3) is 2.90. The SMILES string of the molecule is CCNc1cccc(Cn2cccnc2=O)n1. The van der Waals surface area contributed by atoms with Crippen molar-refractivity contribution in [1.29, 1.82) is 0 Å². The fourth-order valence-electron chi connectivity index (χ4n) is 1.53. The molecule has 5 nitrogen and oxygen atoms in total. The van der Waals surface area contributed by atoms with Gasteiger partial charge in [0.1, 0.15) is 5.82 Å². The lowest BCUT2D eigenvalue weighted by atomic mass is 10.3. The van der Waals surface area contributed by atoms with Gasteiger partial charge in [0.05, 0.1) is 12.2 Å². The summed E-state index contributed by atoms with van der Waals surface area (Å²) in [6, 6.07) is 7.44. The van der Waals surface area contributed by atoms with Gasteiger partial charge >= 0.3 is 5.69 Å². The third-order valence-electron chi connectivity index (χ3n) is 2.28. The number of nitrogens with one attached hydrogen (secondary N) is 1. The Bertz CT molecular complexity index is 550. The summed E-state index contributed by atoms with van der Waals surface area (Å²) < 4.78 is 1.53. The van der Waals surface area contributed by atoms with Gasteiger partial charge < -0.3 is 5.32 Å². The summed E-state index contributed by atoms with van der Waals surface area (Å²) in [5.74, 6) is 0.821. The van der Waals surface area contributed by atoms with Crippen molar-refractivity contribution in [2.45, 2.75) is 13.5 Å². The maximum Gasteiger partial charge on any atom is 0.347 e. The van der Waals surface area contributed by atoms with E-state index in [1.807, 2.05) is 25.1 Å². The van der Waals surface area contributed by atoms with Crippen LogP contribution in [0.2, 0.25) is 0 Å². The summed E-state index contributed by atoms with van der Waals surface area (Å²) in [5.41, 5.74) is 0.571. The molecule has 1 N–H and O–H groups in total. The summed E-state index contributed by atoms with van der Waals surface area (Å²) in [6.45, 7) is 3.27. The van der Waals surface area contributed by atoms with Crippen LogP contribution in [0.25, 0.3) is 0 Å². The van der Waals surface area contributed by atoms with Gasteiger partial charge in [0.15, 0.2) is 0 Å². The second-order valence-corrected chi connectivity index (χ2v) is 3.57. The summed E-state index contributed by atoms with van der Waals surface area (Å²) in [7, 11) is 0. The van der Waals surface area contributed by atoms with E-state index in [2.05, 4.69) is 15.3 Å². The lowest BCUT2D eigenvalue weighted by Crippen LogP contribution is -2.22. The second kappa shape index (κ2) is 5.25. The van der Waals surface area contributed by atoms with Crippen molar-refractivity contribution in [3.63, 3.8) is 0 Å². The molecule has 0 spiro atoms. The minimum absolute atomic E-state index is 0.261. The quantitative estimate of drug-likeness (QED) is 0.855. The number of hydrogen-bond acceptors (Lipinski definition) is 4. The van der Waals surface area contributed by atoms with Crippen LogP contribution < -0.4 is 11.0 Å². The molecule has 0 aliphatic rings. The molecule has 0 aromatic carbocycles. The molecule has 0 atom stereocenters. The van der Waals surface area contributed by atoms with Crippen molar-refractivity contribution in [3.05, 3.63) is 52.8 Å². The van der Waals surface area contributed by atoms with Crippen LogP contribution in [0, 0.1) is 0 Å². The fraction of sp³-hybridized carbons (Fsp3) is 0.250. The molecule has 2 rings (SSSR count). The first-order valence-electron chi connectivity index (χ1n) is 5.51. The van der Waals surface area contributed by atoms with Crippen LogP contribution in [0.15, 0.2) is 41.5 Å². The Morgan fingerprint density at radius 2 is 2.24 bits per heavy atom. The normalized spacial score (nSPS) is 10.2. The van der Waals surface area contributed by atoms with Gasteiger partial charge in [-0.05, 0) is 25.1 Å². The van der Waals surface area contributed by atoms with E-state index >= 15 is 0 Å². The van der Waals surface area contributed by atoms with E-state index in [1.165, 1.54) is 10.8 Å². The largest absolute Gasteiger partial charge is 0.370 e. The van der Waals surface area contributed by atoms with E-state index in [-0.39, 0.29) is 5.69 Å². The zero-order valence-corrected chi connectivity index (χ0v) is 9.63. The molecule has 2 heterocycles. The number of hydrogen-bond donors (Lipinski definition) is 1. The topological polar surface area (TPSA) is 59.8 Å². The predicted molar refractivity (Wildman–Crippen MR) is 66.0 cm³/mol. The number of rotatable bonds is 4. The Kier molecular flexibility index (Phi) is 3.49. The molecule has 0 aliphatic carbocycles. The first kappa shape index (κ1) is 11.3. The Labute approximate surface area is 99.2 Å². The molecule has 0 radical (unpaired) electrons. The second-order valence-electron chi connectivity index (χ2n) is 3.57. The molecule has 0 bridgehead atoms. The average Bonchev–Trinajstić information content (AvgIpc) is 2.33. The van der Waals surface area contributed by atoms with Crippen molar-refractivity contribution < 1.29 is 0 Å². The van der Waals surface area contributed by atoms with Crippen molar-refractivity contribution in [3.8, 4) is 0 Å². The molecule has 0 saturated carbocycles. The first-order valence-corrected chi connectivity index (χ1v) is 5.51. The number of aromatic nitrogens is 3. The van der Waals surface area contributed by atoms with Gasteiger partial charge in [-0.1, -0.05) is 6.07 Å². The predicted octanol–water partition coefficient (Wildman–Crippen LogP) is 1.12. The standard InChI is InChI=1S/C12H14N4O/c1-2-13-11-6-3-5-10(15-11)9-16-8-4-7-14-12(16)17/h3-8H,2,9H2,1H3,(H,13,15). The molecule has 2 aromatic rings. The van der Waals surface area contributed by atoms with E-state index in [0.717, 1.165) is 18.1 Å². The maximum absolute atomic E-state index is 11.4. The van der Waals surface area contributed by atoms with Gasteiger partial charge in [0.25, 0.3) is 0 Å². The Hall–Kier alpha value is -2.17. The Balaban J connectivity index is 2.21. The van der Waals surface area contributed by atoms with Gasteiger partial charge in [-0.15, -0.1) is 0 Å². The van der Waals surface area contributed by atoms with Gasteiger partial charge in [-0.25, -0.2) is 14.8 Å². The highest BCUT2D eigenvalue weighted by molar-refractivity contribution is 5.35. The highest BCUT2D eigenvalue weighted by Crippen LogP contribution is 2.05. The summed E-state index contributed by atoms with van der Waals surface area (Å²) >= 11 is 0. The smallest absolute Gasteiger partial charge is 0.347 e. The van der Waals surface area contributed by atoms with E-state index in [4.69, 9.17) is 0 Å². The molecule has 0 fully saturated rings. The van der Waals surface area contributed by atoms with Gasteiger partial charge in [-0.2, -0.15) is 0 Å². The minimum Gasteiger partial charge on any atom is -0.370 e. The van der Waals surface area contributed by atoms with Crippen molar-refractivity contribution in [1.82, 2.24) is 14.5 Å². The third-order valence-corrected chi connectivity index (χ3v) is 2.28. The highest BCUT2D eigenvalue weighted by Gasteiger charge is 2.00. The van der Waals surface area contributed by atoms with Gasteiger partial charge in [0, 0.05) is 18.9 Å². The highest BCUT2D eigenvalue weighted by atomic mass is 16.1. The maximum atomic E-state index is 11.4. The van der Waals surface area contributed by atoms with Crippen molar-refractivity contribution in [2.24, 2.45) is 0 Å². The van der Waals surface area contributed by atoms with Crippen LogP contribution in [0.1, 0.15) is 12.6 Å².